The van der Waals surface area contributed by atoms with Crippen LogP contribution in [-0.4, -0.2) is 49.6 Å². The smallest absolute Gasteiger partial charge is 0.244 e. The maximum atomic E-state index is 12.2. The molecule has 0 aliphatic carbocycles. The summed E-state index contributed by atoms with van der Waals surface area (Å²) >= 11 is 0. The molecule has 1 atom stereocenters. The summed E-state index contributed by atoms with van der Waals surface area (Å²) in [5, 5.41) is 2.75. The number of carbonyl (C=O) groups excluding carboxylic acids is 2. The molecule has 1 heterocycles. The molecular formula is C16H24ClN3O3. The lowest BCUT2D eigenvalue weighted by atomic mass is 9.92. The van der Waals surface area contributed by atoms with Gasteiger partial charge in [0.2, 0.25) is 11.8 Å². The Morgan fingerprint density at radius 2 is 1.87 bits per heavy atom. The lowest BCUT2D eigenvalue weighted by Crippen LogP contribution is -2.50. The molecule has 7 heteroatoms. The van der Waals surface area contributed by atoms with Crippen LogP contribution in [-0.2, 0) is 19.9 Å². The number of hydrogen-bond acceptors (Lipinski definition) is 4. The fourth-order valence-corrected chi connectivity index (χ4v) is 2.35. The number of nitrogens with zero attached hydrogens (tertiary/aromatic N) is 1. The van der Waals surface area contributed by atoms with Crippen molar-refractivity contribution in [1.29, 1.82) is 0 Å². The highest BCUT2D eigenvalue weighted by Crippen LogP contribution is 2.17. The molecule has 0 spiro atoms. The molecule has 1 aromatic carbocycles. The van der Waals surface area contributed by atoms with E-state index in [4.69, 9.17) is 10.5 Å². The van der Waals surface area contributed by atoms with Crippen molar-refractivity contribution in [3.63, 3.8) is 0 Å². The number of carbonyl (C=O) groups is 2. The number of amides is 2. The lowest BCUT2D eigenvalue weighted by molar-refractivity contribution is -0.135. The van der Waals surface area contributed by atoms with Gasteiger partial charge in [-0.25, -0.2) is 0 Å². The Labute approximate surface area is 142 Å². The van der Waals surface area contributed by atoms with Gasteiger partial charge in [0.1, 0.15) is 5.54 Å². The summed E-state index contributed by atoms with van der Waals surface area (Å²) in [4.78, 5) is 26.0. The van der Waals surface area contributed by atoms with E-state index in [2.05, 4.69) is 5.32 Å². The van der Waals surface area contributed by atoms with E-state index in [-0.39, 0.29) is 37.2 Å². The van der Waals surface area contributed by atoms with Gasteiger partial charge in [-0.2, -0.15) is 0 Å². The minimum atomic E-state index is -1.11. The molecule has 3 N–H and O–H groups in total. The predicted molar refractivity (Wildman–Crippen MR) is 90.3 cm³/mol. The zero-order valence-electron chi connectivity index (χ0n) is 13.3. The molecule has 1 aliphatic heterocycles. The number of nitrogens with one attached hydrogen (secondary N) is 1. The van der Waals surface area contributed by atoms with E-state index in [0.29, 0.717) is 26.3 Å². The molecule has 1 aromatic rings. The van der Waals surface area contributed by atoms with E-state index >= 15 is 0 Å². The standard InChI is InChI=1S/C16H23N3O3.ClH/c1-16(17,13-5-3-2-4-6-13)15(21)18-8-7-14(20)19-9-11-22-12-10-19;/h2-6H,7-12,17H2,1H3,(H,18,21);1H. The molecule has 6 nitrogen and oxygen atoms in total. The van der Waals surface area contributed by atoms with Gasteiger partial charge >= 0.3 is 0 Å². The highest BCUT2D eigenvalue weighted by atomic mass is 35.5. The summed E-state index contributed by atoms with van der Waals surface area (Å²) in [6, 6.07) is 9.20. The van der Waals surface area contributed by atoms with Gasteiger partial charge in [0.05, 0.1) is 13.2 Å². The molecule has 0 radical (unpaired) electrons. The molecule has 128 valence electrons. The van der Waals surface area contributed by atoms with Crippen molar-refractivity contribution in [2.45, 2.75) is 18.9 Å². The Bertz CT molecular complexity index is 517. The van der Waals surface area contributed by atoms with E-state index in [0.717, 1.165) is 5.56 Å². The Morgan fingerprint density at radius 3 is 2.48 bits per heavy atom. The number of rotatable bonds is 5. The third-order valence-corrected chi connectivity index (χ3v) is 3.83. The van der Waals surface area contributed by atoms with E-state index in [1.807, 2.05) is 30.3 Å². The number of ether oxygens (including phenoxy) is 1. The normalized spacial score (nSPS) is 16.9. The van der Waals surface area contributed by atoms with E-state index in [9.17, 15) is 9.59 Å². The van der Waals surface area contributed by atoms with Gasteiger partial charge in [-0.1, -0.05) is 30.3 Å². The molecule has 0 aromatic heterocycles. The van der Waals surface area contributed by atoms with Gasteiger partial charge in [-0.3, -0.25) is 9.59 Å². The van der Waals surface area contributed by atoms with E-state index in [1.54, 1.807) is 11.8 Å². The average molecular weight is 342 g/mol. The number of halogens is 1. The van der Waals surface area contributed by atoms with E-state index in [1.165, 1.54) is 0 Å². The second kappa shape index (κ2) is 8.86. The topological polar surface area (TPSA) is 84.7 Å². The van der Waals surface area contributed by atoms with Crippen molar-refractivity contribution in [3.8, 4) is 0 Å². The number of nitrogens with two attached hydrogens (primary N) is 1. The monoisotopic (exact) mass is 341 g/mol. The molecule has 1 fully saturated rings. The maximum Gasteiger partial charge on any atom is 0.244 e. The molecule has 1 unspecified atom stereocenters. The SMILES string of the molecule is CC(N)(C(=O)NCCC(=O)N1CCOCC1)c1ccccc1.Cl. The zero-order valence-corrected chi connectivity index (χ0v) is 14.1. The summed E-state index contributed by atoms with van der Waals surface area (Å²) in [5.41, 5.74) is 5.75. The Kier molecular flexibility index (Phi) is 7.48. The first kappa shape index (κ1) is 19.4. The average Bonchev–Trinajstić information content (AvgIpc) is 2.56. The summed E-state index contributed by atoms with van der Waals surface area (Å²) in [7, 11) is 0. The van der Waals surface area contributed by atoms with Crippen LogP contribution in [0.1, 0.15) is 18.9 Å². The summed E-state index contributed by atoms with van der Waals surface area (Å²) in [5.74, 6) is -0.254. The van der Waals surface area contributed by atoms with Crippen LogP contribution in [0.25, 0.3) is 0 Å². The largest absolute Gasteiger partial charge is 0.378 e. The van der Waals surface area contributed by atoms with Crippen molar-refractivity contribution in [2.75, 3.05) is 32.8 Å². The van der Waals surface area contributed by atoms with Crippen molar-refractivity contribution < 1.29 is 14.3 Å². The van der Waals surface area contributed by atoms with Crippen molar-refractivity contribution >= 4 is 24.2 Å². The predicted octanol–water partition coefficient (Wildman–Crippen LogP) is 0.647. The van der Waals surface area contributed by atoms with Crippen LogP contribution in [0, 0.1) is 0 Å². The maximum absolute atomic E-state index is 12.2. The van der Waals surface area contributed by atoms with Crippen molar-refractivity contribution in [3.05, 3.63) is 35.9 Å². The fraction of sp³-hybridized carbons (Fsp3) is 0.500. The molecule has 2 rings (SSSR count). The van der Waals surface area contributed by atoms with Crippen LogP contribution >= 0.6 is 12.4 Å². The molecule has 23 heavy (non-hydrogen) atoms. The molecule has 2 amide bonds. The summed E-state index contributed by atoms with van der Waals surface area (Å²) in [6.45, 7) is 4.34. The zero-order chi connectivity index (χ0) is 16.0. The molecule has 1 saturated heterocycles. The van der Waals surface area contributed by atoms with Gasteiger partial charge in [-0.05, 0) is 12.5 Å². The number of benzene rings is 1. The van der Waals surface area contributed by atoms with Crippen LogP contribution in [0.5, 0.6) is 0 Å². The second-order valence-corrected chi connectivity index (χ2v) is 5.57. The summed E-state index contributed by atoms with van der Waals surface area (Å²) in [6.07, 6.45) is 0.274. The van der Waals surface area contributed by atoms with Crippen LogP contribution in [0.4, 0.5) is 0 Å². The van der Waals surface area contributed by atoms with Crippen LogP contribution in [0.3, 0.4) is 0 Å². The Balaban J connectivity index is 0.00000264. The van der Waals surface area contributed by atoms with Gasteiger partial charge in [0.15, 0.2) is 0 Å². The summed E-state index contributed by atoms with van der Waals surface area (Å²) < 4.78 is 5.21. The second-order valence-electron chi connectivity index (χ2n) is 5.57. The first-order valence-corrected chi connectivity index (χ1v) is 7.50. The van der Waals surface area contributed by atoms with Crippen molar-refractivity contribution in [1.82, 2.24) is 10.2 Å². The quantitative estimate of drug-likeness (QED) is 0.823. The third kappa shape index (κ3) is 5.20. The van der Waals surface area contributed by atoms with E-state index < -0.39 is 5.54 Å². The Hall–Kier alpha value is -1.63. The number of morpholine rings is 1. The Morgan fingerprint density at radius 1 is 1.26 bits per heavy atom. The molecule has 0 bridgehead atoms. The van der Waals surface area contributed by atoms with Gasteiger partial charge in [0, 0.05) is 26.1 Å². The van der Waals surface area contributed by atoms with Gasteiger partial charge < -0.3 is 20.7 Å². The minimum absolute atomic E-state index is 0. The highest BCUT2D eigenvalue weighted by molar-refractivity contribution is 5.87. The molecule has 1 aliphatic rings. The van der Waals surface area contributed by atoms with Gasteiger partial charge in [0.25, 0.3) is 0 Å². The number of hydrogen-bond donors (Lipinski definition) is 2. The molecular weight excluding hydrogens is 318 g/mol. The van der Waals surface area contributed by atoms with Crippen molar-refractivity contribution in [2.24, 2.45) is 5.73 Å². The minimum Gasteiger partial charge on any atom is -0.378 e. The van der Waals surface area contributed by atoms with Gasteiger partial charge in [-0.15, -0.1) is 12.4 Å². The third-order valence-electron chi connectivity index (χ3n) is 3.83. The van der Waals surface area contributed by atoms with Crippen LogP contribution in [0.2, 0.25) is 0 Å². The first-order chi connectivity index (χ1) is 10.5. The molecule has 0 saturated carbocycles. The fourth-order valence-electron chi connectivity index (χ4n) is 2.35. The van der Waals surface area contributed by atoms with Crippen LogP contribution < -0.4 is 11.1 Å². The van der Waals surface area contributed by atoms with Crippen LogP contribution in [0.15, 0.2) is 30.3 Å². The highest BCUT2D eigenvalue weighted by Gasteiger charge is 2.30. The first-order valence-electron chi connectivity index (χ1n) is 7.50. The lowest BCUT2D eigenvalue weighted by Gasteiger charge is -2.27.